The number of para-hydroxylation sites is 3. The van der Waals surface area contributed by atoms with Crippen LogP contribution in [0.5, 0.6) is 0 Å². The van der Waals surface area contributed by atoms with E-state index in [1.807, 2.05) is 0 Å². The number of fused-ring (bicyclic) bond motifs is 3. The topological polar surface area (TPSA) is 8.17 Å². The summed E-state index contributed by atoms with van der Waals surface area (Å²) in [6.45, 7) is 0. The molecule has 10 aromatic carbocycles. The van der Waals surface area contributed by atoms with Crippen LogP contribution in [0.3, 0.4) is 0 Å². The maximum absolute atomic E-state index is 2.45. The SMILES string of the molecule is c1ccc(-c2ccc(N(c3ccccc3)c3ccccc3-c3ccccc3-c3ccc4c5ccccc5n(-c5ccc(-c6ccccc6)c(-c6ccccc6)c5)c4c3)cc2)cc1. The van der Waals surface area contributed by atoms with Crippen LogP contribution < -0.4 is 4.90 Å². The molecule has 11 rings (SSSR count). The predicted octanol–water partition coefficient (Wildman–Crippen LogP) is 16.6. The number of hydrogen-bond donors (Lipinski definition) is 0. The van der Waals surface area contributed by atoms with Gasteiger partial charge in [0.05, 0.1) is 16.7 Å². The van der Waals surface area contributed by atoms with Crippen LogP contribution in [0.4, 0.5) is 17.1 Å². The van der Waals surface area contributed by atoms with Gasteiger partial charge in [0.2, 0.25) is 0 Å². The Hall–Kier alpha value is -8.20. The summed E-state index contributed by atoms with van der Waals surface area (Å²) >= 11 is 0. The first-order chi connectivity index (χ1) is 30.8. The molecule has 0 aliphatic heterocycles. The Morgan fingerprint density at radius 2 is 0.742 bits per heavy atom. The van der Waals surface area contributed by atoms with Crippen molar-refractivity contribution in [3.63, 3.8) is 0 Å². The fourth-order valence-electron chi connectivity index (χ4n) is 9.12. The highest BCUT2D eigenvalue weighted by atomic mass is 15.1. The van der Waals surface area contributed by atoms with E-state index in [1.54, 1.807) is 0 Å². The van der Waals surface area contributed by atoms with Gasteiger partial charge in [0, 0.05) is 33.4 Å². The lowest BCUT2D eigenvalue weighted by molar-refractivity contribution is 1.18. The molecular weight excluding hydrogens is 749 g/mol. The van der Waals surface area contributed by atoms with Gasteiger partial charge in [-0.25, -0.2) is 0 Å². The van der Waals surface area contributed by atoms with E-state index in [0.717, 1.165) is 33.9 Å². The third-order valence-corrected chi connectivity index (χ3v) is 12.0. The molecule has 0 amide bonds. The zero-order valence-corrected chi connectivity index (χ0v) is 34.1. The molecule has 292 valence electrons. The summed E-state index contributed by atoms with van der Waals surface area (Å²) < 4.78 is 2.45. The highest BCUT2D eigenvalue weighted by Gasteiger charge is 2.21. The van der Waals surface area contributed by atoms with Crippen molar-refractivity contribution in [1.29, 1.82) is 0 Å². The summed E-state index contributed by atoms with van der Waals surface area (Å²) in [5, 5.41) is 2.46. The van der Waals surface area contributed by atoms with Gasteiger partial charge in [-0.3, -0.25) is 0 Å². The molecular formula is C60H42N2. The summed E-state index contributed by atoms with van der Waals surface area (Å²) in [4.78, 5) is 2.38. The second-order valence-electron chi connectivity index (χ2n) is 15.7. The monoisotopic (exact) mass is 790 g/mol. The van der Waals surface area contributed by atoms with E-state index >= 15 is 0 Å². The molecule has 0 atom stereocenters. The van der Waals surface area contributed by atoms with E-state index < -0.39 is 0 Å². The molecule has 0 spiro atoms. The zero-order valence-electron chi connectivity index (χ0n) is 34.1. The Kier molecular flexibility index (Phi) is 9.57. The van der Waals surface area contributed by atoms with E-state index in [2.05, 4.69) is 264 Å². The molecule has 11 aromatic rings. The van der Waals surface area contributed by atoms with Crippen molar-refractivity contribution in [1.82, 2.24) is 4.57 Å². The quantitative estimate of drug-likeness (QED) is 0.141. The van der Waals surface area contributed by atoms with E-state index in [4.69, 9.17) is 0 Å². The van der Waals surface area contributed by atoms with Gasteiger partial charge in [0.15, 0.2) is 0 Å². The highest BCUT2D eigenvalue weighted by molar-refractivity contribution is 6.11. The van der Waals surface area contributed by atoms with Crippen molar-refractivity contribution < 1.29 is 0 Å². The number of nitrogens with zero attached hydrogens (tertiary/aromatic N) is 2. The van der Waals surface area contributed by atoms with Crippen LogP contribution >= 0.6 is 0 Å². The first-order valence-corrected chi connectivity index (χ1v) is 21.3. The van der Waals surface area contributed by atoms with Crippen molar-refractivity contribution in [2.45, 2.75) is 0 Å². The van der Waals surface area contributed by atoms with Gasteiger partial charge in [-0.15, -0.1) is 0 Å². The minimum Gasteiger partial charge on any atom is -0.310 e. The van der Waals surface area contributed by atoms with Crippen LogP contribution in [-0.4, -0.2) is 4.57 Å². The highest BCUT2D eigenvalue weighted by Crippen LogP contribution is 2.45. The van der Waals surface area contributed by atoms with Crippen LogP contribution in [0.1, 0.15) is 0 Å². The third kappa shape index (κ3) is 6.74. The molecule has 2 nitrogen and oxygen atoms in total. The van der Waals surface area contributed by atoms with Gasteiger partial charge >= 0.3 is 0 Å². The maximum Gasteiger partial charge on any atom is 0.0547 e. The minimum absolute atomic E-state index is 1.10. The summed E-state index contributed by atoms with van der Waals surface area (Å²) in [6, 6.07) is 92.0. The Morgan fingerprint density at radius 1 is 0.258 bits per heavy atom. The van der Waals surface area contributed by atoms with Crippen LogP contribution in [0.15, 0.2) is 255 Å². The number of rotatable bonds is 9. The number of aromatic nitrogens is 1. The van der Waals surface area contributed by atoms with E-state index in [9.17, 15) is 0 Å². The molecule has 62 heavy (non-hydrogen) atoms. The summed E-state index contributed by atoms with van der Waals surface area (Å²) in [5.41, 5.74) is 18.7. The zero-order chi connectivity index (χ0) is 41.2. The molecule has 0 fully saturated rings. The van der Waals surface area contributed by atoms with Crippen molar-refractivity contribution in [3.05, 3.63) is 255 Å². The fraction of sp³-hybridized carbons (Fsp3) is 0. The maximum atomic E-state index is 2.45. The Balaban J connectivity index is 1.07. The molecule has 2 heteroatoms. The van der Waals surface area contributed by atoms with Gasteiger partial charge in [-0.2, -0.15) is 0 Å². The lowest BCUT2D eigenvalue weighted by Crippen LogP contribution is -2.11. The molecule has 1 heterocycles. The predicted molar refractivity (Wildman–Crippen MR) is 263 cm³/mol. The fourth-order valence-corrected chi connectivity index (χ4v) is 9.12. The first-order valence-electron chi connectivity index (χ1n) is 21.3. The first kappa shape index (κ1) is 36.8. The largest absolute Gasteiger partial charge is 0.310 e. The second kappa shape index (κ2) is 16.1. The Labute approximate surface area is 362 Å². The van der Waals surface area contributed by atoms with Gasteiger partial charge in [-0.05, 0) is 105 Å². The molecule has 0 unspecified atom stereocenters. The third-order valence-electron chi connectivity index (χ3n) is 12.0. The number of hydrogen-bond acceptors (Lipinski definition) is 1. The molecule has 0 radical (unpaired) electrons. The summed E-state index contributed by atoms with van der Waals surface area (Å²) in [5.74, 6) is 0. The molecule has 0 aliphatic rings. The van der Waals surface area contributed by atoms with Gasteiger partial charge in [0.1, 0.15) is 0 Å². The van der Waals surface area contributed by atoms with Crippen LogP contribution in [0, 0.1) is 0 Å². The van der Waals surface area contributed by atoms with E-state index in [1.165, 1.54) is 66.3 Å². The minimum atomic E-state index is 1.10. The average Bonchev–Trinajstić information content (AvgIpc) is 3.69. The molecule has 0 saturated heterocycles. The standard InChI is InChI=1S/C60H42N2/c1-5-19-43(20-6-1)44-33-36-49(37-34-44)61(48-25-11-4-12-26-48)58-31-17-15-29-54(58)53-28-14-13-27-51(53)47-35-39-56-55-30-16-18-32-59(55)62(60(56)41-47)50-38-40-52(45-21-7-2-8-22-45)57(42-50)46-23-9-3-10-24-46/h1-42H. The lowest BCUT2D eigenvalue weighted by Gasteiger charge is -2.28. The van der Waals surface area contributed by atoms with E-state index in [0.29, 0.717) is 0 Å². The molecule has 0 aliphatic carbocycles. The van der Waals surface area contributed by atoms with Crippen molar-refractivity contribution >= 4 is 38.9 Å². The lowest BCUT2D eigenvalue weighted by atomic mass is 9.92. The van der Waals surface area contributed by atoms with E-state index in [-0.39, 0.29) is 0 Å². The molecule has 1 aromatic heterocycles. The van der Waals surface area contributed by atoms with Crippen molar-refractivity contribution in [2.24, 2.45) is 0 Å². The Morgan fingerprint density at radius 3 is 1.45 bits per heavy atom. The summed E-state index contributed by atoms with van der Waals surface area (Å²) in [6.07, 6.45) is 0. The van der Waals surface area contributed by atoms with Crippen LogP contribution in [0.25, 0.3) is 83.1 Å². The van der Waals surface area contributed by atoms with Crippen LogP contribution in [-0.2, 0) is 0 Å². The van der Waals surface area contributed by atoms with Crippen LogP contribution in [0.2, 0.25) is 0 Å². The van der Waals surface area contributed by atoms with Gasteiger partial charge in [-0.1, -0.05) is 200 Å². The van der Waals surface area contributed by atoms with Crippen molar-refractivity contribution in [3.8, 4) is 61.3 Å². The number of benzene rings is 10. The summed E-state index contributed by atoms with van der Waals surface area (Å²) in [7, 11) is 0. The second-order valence-corrected chi connectivity index (χ2v) is 15.7. The Bertz CT molecular complexity index is 3310. The van der Waals surface area contributed by atoms with Gasteiger partial charge < -0.3 is 9.47 Å². The molecule has 0 bridgehead atoms. The molecule has 0 saturated carbocycles. The average molecular weight is 791 g/mol. The van der Waals surface area contributed by atoms with Crippen molar-refractivity contribution in [2.75, 3.05) is 4.90 Å². The smallest absolute Gasteiger partial charge is 0.0547 e. The number of anilines is 3. The van der Waals surface area contributed by atoms with Gasteiger partial charge in [0.25, 0.3) is 0 Å². The molecule has 0 N–H and O–H groups in total. The normalized spacial score (nSPS) is 11.2.